The Morgan fingerprint density at radius 1 is 1.11 bits per heavy atom. The fourth-order valence-corrected chi connectivity index (χ4v) is 5.27. The number of furan rings is 1. The van der Waals surface area contributed by atoms with Crippen LogP contribution in [0.15, 0.2) is 104 Å². The van der Waals surface area contributed by atoms with Crippen LogP contribution >= 0.6 is 15.9 Å². The Labute approximate surface area is 267 Å². The Kier molecular flexibility index (Phi) is 8.27. The molecule has 0 atom stereocenters. The minimum atomic E-state index is -0.682. The van der Waals surface area contributed by atoms with E-state index in [1.165, 1.54) is 43.7 Å². The highest BCUT2D eigenvalue weighted by Crippen LogP contribution is 2.36. The van der Waals surface area contributed by atoms with Crippen molar-refractivity contribution < 1.29 is 28.0 Å². The monoisotopic (exact) mass is 685 g/mol. The second-order valence-electron chi connectivity index (χ2n) is 9.75. The van der Waals surface area contributed by atoms with Crippen LogP contribution in [0.3, 0.4) is 0 Å². The SMILES string of the molecule is COc1cccc2oc(-c3nc4ccccc4c(=O)n3N=Cc3cc(Br)c(OCC(=O)Nc4cccc(F)c4)c([N+](=O)[O-])c3)cc12. The van der Waals surface area contributed by atoms with Crippen LogP contribution in [0.5, 0.6) is 11.5 Å². The first kappa shape index (κ1) is 30.1. The zero-order valence-corrected chi connectivity index (χ0v) is 25.4. The zero-order valence-electron chi connectivity index (χ0n) is 23.8. The summed E-state index contributed by atoms with van der Waals surface area (Å²) in [6.07, 6.45) is 1.25. The van der Waals surface area contributed by atoms with Gasteiger partial charge >= 0.3 is 5.69 Å². The number of benzene rings is 4. The van der Waals surface area contributed by atoms with Crippen LogP contribution in [-0.4, -0.2) is 40.4 Å². The van der Waals surface area contributed by atoms with Crippen LogP contribution in [0.2, 0.25) is 0 Å². The molecule has 0 bridgehead atoms. The van der Waals surface area contributed by atoms with Crippen molar-refractivity contribution in [1.29, 1.82) is 0 Å². The van der Waals surface area contributed by atoms with Crippen molar-refractivity contribution in [2.45, 2.75) is 0 Å². The molecule has 46 heavy (non-hydrogen) atoms. The van der Waals surface area contributed by atoms with E-state index in [4.69, 9.17) is 13.9 Å². The third-order valence-corrected chi connectivity index (χ3v) is 7.33. The highest BCUT2D eigenvalue weighted by molar-refractivity contribution is 9.10. The number of fused-ring (bicyclic) bond motifs is 2. The lowest BCUT2D eigenvalue weighted by Gasteiger charge is -2.10. The van der Waals surface area contributed by atoms with E-state index < -0.39 is 34.5 Å². The molecule has 6 rings (SSSR count). The topological polar surface area (TPSA) is 151 Å². The number of ether oxygens (including phenoxy) is 2. The summed E-state index contributed by atoms with van der Waals surface area (Å²) in [5, 5.41) is 19.8. The molecule has 1 N–H and O–H groups in total. The van der Waals surface area contributed by atoms with Crippen molar-refractivity contribution in [1.82, 2.24) is 9.66 Å². The molecule has 12 nitrogen and oxygen atoms in total. The predicted molar refractivity (Wildman–Crippen MR) is 172 cm³/mol. The van der Waals surface area contributed by atoms with Crippen LogP contribution in [0.1, 0.15) is 5.56 Å². The molecule has 0 unspecified atom stereocenters. The number of anilines is 1. The summed E-state index contributed by atoms with van der Waals surface area (Å²) in [5.41, 5.74) is 0.389. The maximum atomic E-state index is 13.6. The molecule has 2 heterocycles. The Morgan fingerprint density at radius 2 is 1.91 bits per heavy atom. The van der Waals surface area contributed by atoms with Gasteiger partial charge < -0.3 is 19.2 Å². The van der Waals surface area contributed by atoms with E-state index in [0.29, 0.717) is 27.6 Å². The van der Waals surface area contributed by atoms with Crippen molar-refractivity contribution >= 4 is 61.3 Å². The first-order valence-electron chi connectivity index (χ1n) is 13.5. The normalized spacial score (nSPS) is 11.3. The van der Waals surface area contributed by atoms with Crippen molar-refractivity contribution in [3.8, 4) is 23.1 Å². The number of rotatable bonds is 9. The van der Waals surface area contributed by atoms with Gasteiger partial charge in [0.05, 0.1) is 39.0 Å². The second kappa shape index (κ2) is 12.6. The zero-order chi connectivity index (χ0) is 32.4. The number of para-hydroxylation sites is 1. The van der Waals surface area contributed by atoms with Gasteiger partial charge in [0, 0.05) is 17.3 Å². The van der Waals surface area contributed by atoms with Crippen molar-refractivity contribution in [2.75, 3.05) is 19.0 Å². The van der Waals surface area contributed by atoms with E-state index in [9.17, 15) is 24.1 Å². The third kappa shape index (κ3) is 6.05. The molecule has 6 aromatic rings. The van der Waals surface area contributed by atoms with Crippen LogP contribution in [0, 0.1) is 15.9 Å². The Hall–Kier alpha value is -5.89. The molecule has 2 aromatic heterocycles. The van der Waals surface area contributed by atoms with Gasteiger partial charge in [-0.05, 0) is 70.5 Å². The highest BCUT2D eigenvalue weighted by atomic mass is 79.9. The molecular weight excluding hydrogens is 665 g/mol. The number of halogens is 2. The third-order valence-electron chi connectivity index (χ3n) is 6.74. The quantitative estimate of drug-likeness (QED) is 0.103. The average molecular weight is 686 g/mol. The van der Waals surface area contributed by atoms with Gasteiger partial charge in [0.2, 0.25) is 11.6 Å². The standard InChI is InChI=1S/C32H21BrFN5O7/c1-44-26-10-5-11-27-22(26)15-28(46-27)31-37-24-9-3-2-8-21(24)32(41)38(31)35-16-18-12-23(33)30(25(13-18)39(42)43)45-17-29(40)36-20-7-4-6-19(34)14-20/h2-16H,17H2,1H3,(H,36,40). The van der Waals surface area contributed by atoms with E-state index in [2.05, 4.69) is 31.3 Å². The van der Waals surface area contributed by atoms with Gasteiger partial charge in [0.25, 0.3) is 11.5 Å². The molecule has 0 fully saturated rings. The molecule has 0 aliphatic heterocycles. The largest absolute Gasteiger partial charge is 0.496 e. The molecule has 0 saturated heterocycles. The van der Waals surface area contributed by atoms with E-state index in [1.807, 2.05) is 0 Å². The molecular formula is C32H21BrFN5O7. The highest BCUT2D eigenvalue weighted by Gasteiger charge is 2.22. The van der Waals surface area contributed by atoms with Gasteiger partial charge in [-0.25, -0.2) is 9.37 Å². The fourth-order valence-electron chi connectivity index (χ4n) is 4.69. The molecule has 14 heteroatoms. The molecule has 4 aromatic carbocycles. The summed E-state index contributed by atoms with van der Waals surface area (Å²) in [5.74, 6) is -0.505. The smallest absolute Gasteiger partial charge is 0.312 e. The summed E-state index contributed by atoms with van der Waals surface area (Å²) in [6.45, 7) is -0.590. The van der Waals surface area contributed by atoms with Crippen LogP contribution < -0.4 is 20.3 Å². The Morgan fingerprint density at radius 3 is 2.70 bits per heavy atom. The Bertz CT molecular complexity index is 2250. The molecule has 0 spiro atoms. The fraction of sp³-hybridized carbons (Fsp3) is 0.0625. The molecule has 0 radical (unpaired) electrons. The maximum Gasteiger partial charge on any atom is 0.312 e. The number of hydrogen-bond acceptors (Lipinski definition) is 9. The number of hydrogen-bond donors (Lipinski definition) is 1. The van der Waals surface area contributed by atoms with E-state index in [1.54, 1.807) is 48.5 Å². The first-order valence-corrected chi connectivity index (χ1v) is 14.3. The Balaban J connectivity index is 1.35. The van der Waals surface area contributed by atoms with E-state index in [0.717, 1.165) is 10.7 Å². The van der Waals surface area contributed by atoms with Gasteiger partial charge in [0.1, 0.15) is 17.1 Å². The maximum absolute atomic E-state index is 13.6. The molecule has 0 aliphatic rings. The number of nitro benzene ring substituents is 1. The number of methoxy groups -OCH3 is 1. The molecule has 230 valence electrons. The number of nitro groups is 1. The number of nitrogens with zero attached hydrogens (tertiary/aromatic N) is 4. The molecule has 1 amide bonds. The number of carbonyl (C=O) groups is 1. The lowest BCUT2D eigenvalue weighted by Crippen LogP contribution is -2.21. The van der Waals surface area contributed by atoms with Crippen molar-refractivity contribution in [3.05, 3.63) is 121 Å². The van der Waals surface area contributed by atoms with Crippen LogP contribution in [0.25, 0.3) is 33.5 Å². The van der Waals surface area contributed by atoms with Crippen molar-refractivity contribution in [3.63, 3.8) is 0 Å². The first-order chi connectivity index (χ1) is 22.2. The van der Waals surface area contributed by atoms with Gasteiger partial charge in [-0.2, -0.15) is 9.78 Å². The van der Waals surface area contributed by atoms with E-state index >= 15 is 0 Å². The van der Waals surface area contributed by atoms with Crippen LogP contribution in [-0.2, 0) is 4.79 Å². The summed E-state index contributed by atoms with van der Waals surface area (Å²) in [6, 6.07) is 21.6. The van der Waals surface area contributed by atoms with Gasteiger partial charge in [0.15, 0.2) is 12.4 Å². The van der Waals surface area contributed by atoms with Gasteiger partial charge in [-0.3, -0.25) is 19.7 Å². The van der Waals surface area contributed by atoms with Crippen molar-refractivity contribution in [2.24, 2.45) is 5.10 Å². The van der Waals surface area contributed by atoms with Crippen LogP contribution in [0.4, 0.5) is 15.8 Å². The summed E-state index contributed by atoms with van der Waals surface area (Å²) in [7, 11) is 1.53. The second-order valence-corrected chi connectivity index (χ2v) is 10.6. The number of carbonyl (C=O) groups excluding carboxylic acids is 1. The number of nitrogens with one attached hydrogen (secondary N) is 1. The number of aromatic nitrogens is 2. The minimum Gasteiger partial charge on any atom is -0.496 e. The summed E-state index contributed by atoms with van der Waals surface area (Å²) in [4.78, 5) is 41.9. The minimum absolute atomic E-state index is 0.0935. The predicted octanol–water partition coefficient (Wildman–Crippen LogP) is 6.53. The summed E-state index contributed by atoms with van der Waals surface area (Å²) < 4.78 is 31.6. The number of amides is 1. The summed E-state index contributed by atoms with van der Waals surface area (Å²) >= 11 is 3.27. The van der Waals surface area contributed by atoms with Gasteiger partial charge in [-0.1, -0.05) is 24.3 Å². The van der Waals surface area contributed by atoms with Gasteiger partial charge in [-0.15, -0.1) is 0 Å². The lowest BCUT2D eigenvalue weighted by molar-refractivity contribution is -0.385. The molecule has 0 saturated carbocycles. The van der Waals surface area contributed by atoms with E-state index in [-0.39, 0.29) is 33.1 Å². The lowest BCUT2D eigenvalue weighted by atomic mass is 10.2. The average Bonchev–Trinajstić information content (AvgIpc) is 3.48. The molecule has 0 aliphatic carbocycles.